The lowest BCUT2D eigenvalue weighted by Crippen LogP contribution is -2.20. The molecule has 1 N–H and O–H groups in total. The monoisotopic (exact) mass is 409 g/mol. The maximum absolute atomic E-state index is 12.4. The van der Waals surface area contributed by atoms with E-state index in [1.54, 1.807) is 0 Å². The number of anilines is 1. The lowest BCUT2D eigenvalue weighted by atomic mass is 9.96. The maximum Gasteiger partial charge on any atom is 0.269 e. The molecular weight excluding hydrogens is 394 g/mol. The van der Waals surface area contributed by atoms with Crippen LogP contribution in [0.25, 0.3) is 11.4 Å². The third-order valence-electron chi connectivity index (χ3n) is 4.61. The van der Waals surface area contributed by atoms with Crippen molar-refractivity contribution in [2.75, 3.05) is 5.32 Å². The average molecular weight is 409 g/mol. The molecule has 1 aromatic carbocycles. The zero-order chi connectivity index (χ0) is 20.4. The number of carbonyl (C=O) groups excluding carboxylic acids is 1. The third kappa shape index (κ3) is 3.83. The van der Waals surface area contributed by atoms with E-state index in [9.17, 15) is 20.2 Å². The number of tetrazole rings is 1. The second-order valence-corrected chi connectivity index (χ2v) is 7.63. The molecule has 1 aliphatic rings. The van der Waals surface area contributed by atoms with E-state index in [-0.39, 0.29) is 24.0 Å². The number of nitriles is 1. The molecule has 2 aromatic heterocycles. The fourth-order valence-corrected chi connectivity index (χ4v) is 4.48. The van der Waals surface area contributed by atoms with Gasteiger partial charge in [-0.3, -0.25) is 14.9 Å². The van der Waals surface area contributed by atoms with E-state index >= 15 is 0 Å². The molecule has 1 amide bonds. The number of aryl methyl sites for hydroxylation is 1. The molecule has 11 heteroatoms. The van der Waals surface area contributed by atoms with Gasteiger partial charge in [0.1, 0.15) is 17.6 Å². The van der Waals surface area contributed by atoms with E-state index in [0.717, 1.165) is 36.0 Å². The Labute approximate surface area is 168 Å². The van der Waals surface area contributed by atoms with Crippen molar-refractivity contribution < 1.29 is 9.72 Å². The summed E-state index contributed by atoms with van der Waals surface area (Å²) in [5, 5.41) is 35.5. The normalized spacial score (nSPS) is 12.8. The first-order chi connectivity index (χ1) is 14.0. The van der Waals surface area contributed by atoms with Gasteiger partial charge < -0.3 is 5.32 Å². The van der Waals surface area contributed by atoms with E-state index in [1.807, 2.05) is 0 Å². The van der Waals surface area contributed by atoms with Gasteiger partial charge in [0.25, 0.3) is 5.69 Å². The lowest BCUT2D eigenvalue weighted by Gasteiger charge is -2.09. The molecule has 0 bridgehead atoms. The lowest BCUT2D eigenvalue weighted by molar-refractivity contribution is -0.384. The summed E-state index contributed by atoms with van der Waals surface area (Å²) < 4.78 is 0. The zero-order valence-corrected chi connectivity index (χ0v) is 16.0. The summed E-state index contributed by atoms with van der Waals surface area (Å²) in [5.41, 5.74) is 2.13. The number of hydrogen-bond acceptors (Lipinski definition) is 8. The predicted molar refractivity (Wildman–Crippen MR) is 104 cm³/mol. The van der Waals surface area contributed by atoms with Crippen LogP contribution in [0.2, 0.25) is 0 Å². The van der Waals surface area contributed by atoms with Crippen molar-refractivity contribution in [3.05, 3.63) is 50.4 Å². The molecular formula is C18H15N7O3S. The maximum atomic E-state index is 12.4. The van der Waals surface area contributed by atoms with Crippen LogP contribution in [-0.4, -0.2) is 31.0 Å². The van der Waals surface area contributed by atoms with Crippen LogP contribution in [0.5, 0.6) is 0 Å². The minimum Gasteiger partial charge on any atom is -0.315 e. The Balaban J connectivity index is 1.45. The smallest absolute Gasteiger partial charge is 0.269 e. The Morgan fingerprint density at radius 2 is 2.07 bits per heavy atom. The Morgan fingerprint density at radius 3 is 2.79 bits per heavy atom. The third-order valence-corrected chi connectivity index (χ3v) is 5.82. The number of nitro benzene ring substituents is 1. The molecule has 4 rings (SSSR count). The van der Waals surface area contributed by atoms with Crippen molar-refractivity contribution in [3.63, 3.8) is 0 Å². The Bertz CT molecular complexity index is 1130. The van der Waals surface area contributed by atoms with Crippen LogP contribution in [0, 0.1) is 21.4 Å². The molecule has 0 saturated heterocycles. The standard InChI is InChI=1S/C18H15N7O3S/c19-9-14-13-3-1-2-4-15(13)29-18(14)20-16(26)10-24-22-17(21-23-24)11-5-7-12(8-6-11)25(27)28/h5-8H,1-4,10H2,(H,20,26). The van der Waals surface area contributed by atoms with Gasteiger partial charge in [-0.15, -0.1) is 21.5 Å². The molecule has 2 heterocycles. The Hall–Kier alpha value is -3.65. The first kappa shape index (κ1) is 18.7. The summed E-state index contributed by atoms with van der Waals surface area (Å²) in [6.45, 7) is -0.159. The van der Waals surface area contributed by atoms with Gasteiger partial charge in [-0.05, 0) is 48.6 Å². The van der Waals surface area contributed by atoms with Crippen LogP contribution in [0.1, 0.15) is 28.8 Å². The number of hydrogen-bond donors (Lipinski definition) is 1. The fraction of sp³-hybridized carbons (Fsp3) is 0.278. The SMILES string of the molecule is N#Cc1c(NC(=O)Cn2nnc(-c3ccc([N+](=O)[O-])cc3)n2)sc2c1CCCC2. The topological polar surface area (TPSA) is 140 Å². The number of thiophene rings is 1. The summed E-state index contributed by atoms with van der Waals surface area (Å²) in [4.78, 5) is 25.0. The molecule has 3 aromatic rings. The van der Waals surface area contributed by atoms with E-state index < -0.39 is 4.92 Å². The molecule has 1 aliphatic carbocycles. The molecule has 146 valence electrons. The van der Waals surface area contributed by atoms with Crippen LogP contribution in [0.3, 0.4) is 0 Å². The Kier molecular flexibility index (Phi) is 5.01. The summed E-state index contributed by atoms with van der Waals surface area (Å²) in [6.07, 6.45) is 3.96. The molecule has 29 heavy (non-hydrogen) atoms. The van der Waals surface area contributed by atoms with Crippen LogP contribution >= 0.6 is 11.3 Å². The molecule has 0 aliphatic heterocycles. The number of rotatable bonds is 5. The number of carbonyl (C=O) groups is 1. The van der Waals surface area contributed by atoms with Crippen molar-refractivity contribution in [1.82, 2.24) is 20.2 Å². The van der Waals surface area contributed by atoms with Crippen molar-refractivity contribution in [3.8, 4) is 17.5 Å². The summed E-state index contributed by atoms with van der Waals surface area (Å²) >= 11 is 1.46. The summed E-state index contributed by atoms with van der Waals surface area (Å²) in [7, 11) is 0. The minimum absolute atomic E-state index is 0.0348. The van der Waals surface area contributed by atoms with Gasteiger partial charge in [-0.1, -0.05) is 0 Å². The largest absolute Gasteiger partial charge is 0.315 e. The van der Waals surface area contributed by atoms with E-state index in [0.29, 0.717) is 16.1 Å². The molecule has 0 radical (unpaired) electrons. The highest BCUT2D eigenvalue weighted by Crippen LogP contribution is 2.37. The van der Waals surface area contributed by atoms with Crippen LogP contribution < -0.4 is 5.32 Å². The van der Waals surface area contributed by atoms with Gasteiger partial charge in [0.05, 0.1) is 10.5 Å². The summed E-state index contributed by atoms with van der Waals surface area (Å²) in [6, 6.07) is 7.96. The number of amides is 1. The minimum atomic E-state index is -0.490. The first-order valence-electron chi connectivity index (χ1n) is 8.92. The van der Waals surface area contributed by atoms with Crippen molar-refractivity contribution >= 4 is 27.9 Å². The molecule has 0 unspecified atom stereocenters. The number of benzene rings is 1. The average Bonchev–Trinajstić information content (AvgIpc) is 3.31. The number of nitrogens with zero attached hydrogens (tertiary/aromatic N) is 6. The predicted octanol–water partition coefficient (Wildman–Crippen LogP) is 2.70. The molecule has 0 atom stereocenters. The van der Waals surface area contributed by atoms with Crippen molar-refractivity contribution in [1.29, 1.82) is 5.26 Å². The molecule has 0 spiro atoms. The van der Waals surface area contributed by atoms with Gasteiger partial charge in [0.2, 0.25) is 11.7 Å². The fourth-order valence-electron chi connectivity index (χ4n) is 3.22. The number of nitro groups is 1. The summed E-state index contributed by atoms with van der Waals surface area (Å²) in [5.74, 6) is -0.0928. The van der Waals surface area contributed by atoms with Gasteiger partial charge >= 0.3 is 0 Å². The molecule has 0 saturated carbocycles. The second-order valence-electron chi connectivity index (χ2n) is 6.52. The van der Waals surface area contributed by atoms with E-state index in [2.05, 4.69) is 26.8 Å². The van der Waals surface area contributed by atoms with Crippen molar-refractivity contribution in [2.45, 2.75) is 32.2 Å². The van der Waals surface area contributed by atoms with Gasteiger partial charge in [-0.2, -0.15) is 10.1 Å². The van der Waals surface area contributed by atoms with Crippen LogP contribution in [0.15, 0.2) is 24.3 Å². The number of non-ortho nitro benzene ring substituents is 1. The quantitative estimate of drug-likeness (QED) is 0.504. The van der Waals surface area contributed by atoms with E-state index in [1.165, 1.54) is 40.5 Å². The van der Waals surface area contributed by atoms with Gasteiger partial charge in [-0.25, -0.2) is 0 Å². The number of aromatic nitrogens is 4. The molecule has 10 nitrogen and oxygen atoms in total. The highest BCUT2D eigenvalue weighted by atomic mass is 32.1. The van der Waals surface area contributed by atoms with Crippen LogP contribution in [-0.2, 0) is 24.2 Å². The Morgan fingerprint density at radius 1 is 1.31 bits per heavy atom. The van der Waals surface area contributed by atoms with Gasteiger partial charge in [0, 0.05) is 22.6 Å². The zero-order valence-electron chi connectivity index (χ0n) is 15.2. The van der Waals surface area contributed by atoms with E-state index in [4.69, 9.17) is 0 Å². The first-order valence-corrected chi connectivity index (χ1v) is 9.74. The number of nitrogens with one attached hydrogen (secondary N) is 1. The number of fused-ring (bicyclic) bond motifs is 1. The second kappa shape index (κ2) is 7.76. The van der Waals surface area contributed by atoms with Gasteiger partial charge in [0.15, 0.2) is 0 Å². The van der Waals surface area contributed by atoms with Crippen molar-refractivity contribution in [2.24, 2.45) is 0 Å². The van der Waals surface area contributed by atoms with Crippen LogP contribution in [0.4, 0.5) is 10.7 Å². The molecule has 0 fully saturated rings. The highest BCUT2D eigenvalue weighted by molar-refractivity contribution is 7.16. The highest BCUT2D eigenvalue weighted by Gasteiger charge is 2.22.